The summed E-state index contributed by atoms with van der Waals surface area (Å²) in [5, 5.41) is 61.5. The zero-order valence-electron chi connectivity index (χ0n) is 23.6. The molecule has 0 spiro atoms. The molecule has 19 heteroatoms. The Bertz CT molecular complexity index is 2080. The summed E-state index contributed by atoms with van der Waals surface area (Å²) in [6, 6.07) is 10.8. The van der Waals surface area contributed by atoms with Gasteiger partial charge in [0.1, 0.15) is 17.1 Å². The summed E-state index contributed by atoms with van der Waals surface area (Å²) < 4.78 is 1.61. The van der Waals surface area contributed by atoms with E-state index in [4.69, 9.17) is 0 Å². The first-order chi connectivity index (χ1) is 21.7. The number of rotatable bonds is 9. The van der Waals surface area contributed by atoms with Gasteiger partial charge in [0.25, 0.3) is 22.5 Å². The fraction of sp³-hybridized carbons (Fsp3) is 0.111. The van der Waals surface area contributed by atoms with Gasteiger partial charge in [0.15, 0.2) is 0 Å². The van der Waals surface area contributed by atoms with Gasteiger partial charge in [-0.25, -0.2) is 9.36 Å². The Balaban J connectivity index is 1.78. The lowest BCUT2D eigenvalue weighted by Gasteiger charge is -2.16. The highest BCUT2D eigenvalue weighted by Gasteiger charge is 2.33. The van der Waals surface area contributed by atoms with Crippen molar-refractivity contribution in [3.63, 3.8) is 0 Å². The molecule has 3 N–H and O–H groups in total. The van der Waals surface area contributed by atoms with E-state index in [1.807, 2.05) is 0 Å². The second-order valence-electron chi connectivity index (χ2n) is 9.98. The number of hydrogen-bond acceptors (Lipinski definition) is 11. The number of aryl methyl sites for hydroxylation is 2. The third-order valence-corrected chi connectivity index (χ3v) is 7.25. The molecule has 0 saturated heterocycles. The average Bonchev–Trinajstić information content (AvgIpc) is 3.47. The van der Waals surface area contributed by atoms with Crippen LogP contribution < -0.4 is 11.1 Å². The van der Waals surface area contributed by atoms with E-state index >= 15 is 0 Å². The van der Waals surface area contributed by atoms with E-state index in [9.17, 15) is 55.2 Å². The topological polar surface area (TPSA) is 268 Å². The number of aromatic nitrogens is 4. The van der Waals surface area contributed by atoms with Crippen LogP contribution in [0.25, 0.3) is 11.4 Å². The summed E-state index contributed by atoms with van der Waals surface area (Å²) in [6.07, 6.45) is 0. The zero-order valence-corrected chi connectivity index (χ0v) is 23.6. The molecule has 0 atom stereocenters. The second-order valence-corrected chi connectivity index (χ2v) is 9.98. The van der Waals surface area contributed by atoms with Gasteiger partial charge in [-0.15, -0.1) is 0 Å². The van der Waals surface area contributed by atoms with Crippen LogP contribution in [0, 0.1) is 54.3 Å². The number of nitrogens with one attached hydrogen (secondary N) is 2. The van der Waals surface area contributed by atoms with E-state index in [1.54, 1.807) is 0 Å². The van der Waals surface area contributed by atoms with Crippen molar-refractivity contribution >= 4 is 22.7 Å². The summed E-state index contributed by atoms with van der Waals surface area (Å²) in [4.78, 5) is 70.8. The van der Waals surface area contributed by atoms with Gasteiger partial charge < -0.3 is 5.11 Å². The molecule has 3 aromatic carbocycles. The molecule has 0 aliphatic rings. The first-order valence-corrected chi connectivity index (χ1v) is 13.0. The fourth-order valence-corrected chi connectivity index (χ4v) is 5.20. The molecule has 0 unspecified atom stereocenters. The van der Waals surface area contributed by atoms with Crippen LogP contribution in [-0.2, 0) is 0 Å². The highest BCUT2D eigenvalue weighted by atomic mass is 16.6. The minimum Gasteiger partial charge on any atom is -0.508 e. The third kappa shape index (κ3) is 5.12. The number of hydrogen-bond donors (Lipinski definition) is 3. The Kier molecular flexibility index (Phi) is 7.50. The lowest BCUT2D eigenvalue weighted by molar-refractivity contribution is -0.394. The molecule has 19 nitrogen and oxygen atoms in total. The van der Waals surface area contributed by atoms with Crippen LogP contribution in [0.5, 0.6) is 5.75 Å². The number of benzene rings is 3. The number of nitrogens with zero attached hydrogens (tertiary/aromatic N) is 6. The van der Waals surface area contributed by atoms with E-state index in [2.05, 4.69) is 10.2 Å². The lowest BCUT2D eigenvalue weighted by atomic mass is 9.85. The first-order valence-electron chi connectivity index (χ1n) is 13.0. The van der Waals surface area contributed by atoms with Gasteiger partial charge in [-0.05, 0) is 43.7 Å². The molecular weight excluding hydrogens is 612 g/mol. The monoisotopic (exact) mass is 632 g/mol. The van der Waals surface area contributed by atoms with Gasteiger partial charge in [-0.2, -0.15) is 0 Å². The summed E-state index contributed by atoms with van der Waals surface area (Å²) in [7, 11) is 0. The molecule has 0 amide bonds. The van der Waals surface area contributed by atoms with Crippen LogP contribution in [0.4, 0.5) is 22.7 Å². The number of H-pyrrole nitrogens is 2. The van der Waals surface area contributed by atoms with Crippen molar-refractivity contribution in [1.82, 2.24) is 19.6 Å². The van der Waals surface area contributed by atoms with Crippen molar-refractivity contribution < 1.29 is 24.8 Å². The molecule has 0 radical (unpaired) electrons. The molecule has 234 valence electrons. The number of non-ortho nitro benzene ring substituents is 2. The number of phenolic OH excluding ortho intramolecular Hbond substituents is 1. The predicted molar refractivity (Wildman–Crippen MR) is 158 cm³/mol. The van der Waals surface area contributed by atoms with Gasteiger partial charge in [-0.3, -0.25) is 60.2 Å². The van der Waals surface area contributed by atoms with Gasteiger partial charge in [0.2, 0.25) is 0 Å². The molecule has 0 bridgehead atoms. The molecule has 2 heterocycles. The van der Waals surface area contributed by atoms with E-state index in [1.165, 1.54) is 38.1 Å². The summed E-state index contributed by atoms with van der Waals surface area (Å²) in [5.74, 6) is -1.37. The highest BCUT2D eigenvalue weighted by Crippen LogP contribution is 2.35. The highest BCUT2D eigenvalue weighted by molar-refractivity contribution is 5.60. The predicted octanol–water partition coefficient (Wildman–Crippen LogP) is 3.78. The summed E-state index contributed by atoms with van der Waals surface area (Å²) in [5.41, 5.74) is -4.64. The van der Waals surface area contributed by atoms with Crippen molar-refractivity contribution in [1.29, 1.82) is 0 Å². The Morgan fingerprint density at radius 3 is 1.37 bits per heavy atom. The standard InChI is InChI=1S/C27H20N8O11/c1-13-23(26(37)30(28-13)19-9-5-16(32(39)40)11-21(19)34(43)44)25(15-3-7-18(36)8-4-15)24-14(2)29-31(27(24)38)20-10-6-17(33(41)42)12-22(20)35(45)46/h3-12,25,28-29,36H,1-2H3. The minimum absolute atomic E-state index is 0.0807. The second kappa shape index (κ2) is 11.3. The number of aromatic amines is 2. The largest absolute Gasteiger partial charge is 0.508 e. The molecule has 0 aliphatic carbocycles. The van der Waals surface area contributed by atoms with Crippen molar-refractivity contribution in [3.05, 3.63) is 150 Å². The van der Waals surface area contributed by atoms with Crippen molar-refractivity contribution in [3.8, 4) is 17.1 Å². The number of nitro groups is 4. The smallest absolute Gasteiger partial charge is 0.301 e. The Labute approximate surface area is 254 Å². The number of nitro benzene ring substituents is 4. The maximum Gasteiger partial charge on any atom is 0.301 e. The maximum absolute atomic E-state index is 14.0. The van der Waals surface area contributed by atoms with Crippen LogP contribution in [0.1, 0.15) is 34.0 Å². The van der Waals surface area contributed by atoms with Crippen molar-refractivity contribution in [2.45, 2.75) is 19.8 Å². The quantitative estimate of drug-likeness (QED) is 0.155. The van der Waals surface area contributed by atoms with E-state index in [-0.39, 0.29) is 39.6 Å². The van der Waals surface area contributed by atoms with Crippen LogP contribution in [0.3, 0.4) is 0 Å². The van der Waals surface area contributed by atoms with E-state index in [0.717, 1.165) is 33.6 Å². The van der Waals surface area contributed by atoms with Crippen LogP contribution in [0.2, 0.25) is 0 Å². The lowest BCUT2D eigenvalue weighted by Crippen LogP contribution is -2.26. The van der Waals surface area contributed by atoms with Gasteiger partial charge in [0, 0.05) is 29.4 Å². The van der Waals surface area contributed by atoms with Crippen molar-refractivity contribution in [2.75, 3.05) is 0 Å². The molecule has 5 aromatic rings. The third-order valence-electron chi connectivity index (χ3n) is 7.25. The molecule has 0 fully saturated rings. The summed E-state index contributed by atoms with van der Waals surface area (Å²) >= 11 is 0. The van der Waals surface area contributed by atoms with E-state index < -0.39 is 59.5 Å². The van der Waals surface area contributed by atoms with Gasteiger partial charge in [0.05, 0.1) is 43.0 Å². The van der Waals surface area contributed by atoms with E-state index in [0.29, 0.717) is 17.7 Å². The molecule has 46 heavy (non-hydrogen) atoms. The van der Waals surface area contributed by atoms with Gasteiger partial charge in [-0.1, -0.05) is 12.1 Å². The Hall–Kier alpha value is -6.92. The molecule has 0 aliphatic heterocycles. The molecule has 5 rings (SSSR count). The fourth-order valence-electron chi connectivity index (χ4n) is 5.20. The normalized spacial score (nSPS) is 11.1. The van der Waals surface area contributed by atoms with Gasteiger partial charge >= 0.3 is 11.4 Å². The number of phenols is 1. The number of aromatic hydroxyl groups is 1. The average molecular weight is 633 g/mol. The Morgan fingerprint density at radius 2 is 1.02 bits per heavy atom. The maximum atomic E-state index is 14.0. The minimum atomic E-state index is -1.23. The Morgan fingerprint density at radius 1 is 0.630 bits per heavy atom. The first kappa shape index (κ1) is 30.5. The molecule has 2 aromatic heterocycles. The van der Waals surface area contributed by atoms with Crippen molar-refractivity contribution in [2.24, 2.45) is 0 Å². The van der Waals surface area contributed by atoms with Crippen LogP contribution in [-0.4, -0.2) is 44.4 Å². The molecular formula is C27H20N8O11. The molecule has 0 saturated carbocycles. The SMILES string of the molecule is Cc1[nH]n(-c2ccc([N+](=O)[O-])cc2[N+](=O)[O-])c(=O)c1C(c1ccc(O)cc1)c1c(C)[nH]n(-c2ccc([N+](=O)[O-])cc2[N+](=O)[O-])c1=O. The van der Waals surface area contributed by atoms with Crippen LogP contribution >= 0.6 is 0 Å². The summed E-state index contributed by atoms with van der Waals surface area (Å²) in [6.45, 7) is 2.92. The van der Waals surface area contributed by atoms with Crippen LogP contribution in [0.15, 0.2) is 70.3 Å². The zero-order chi connectivity index (χ0) is 33.6.